The minimum Gasteiger partial charge on any atom is -0.310 e. The molecule has 0 aromatic heterocycles. The Morgan fingerprint density at radius 2 is 2.00 bits per heavy atom. The molecule has 1 saturated heterocycles. The smallest absolute Gasteiger partial charge is 0.0320 e. The maximum Gasteiger partial charge on any atom is 0.0320 e. The molecule has 0 radical (unpaired) electrons. The van der Waals surface area contributed by atoms with E-state index < -0.39 is 0 Å². The molecule has 1 heterocycles. The zero-order valence-corrected chi connectivity index (χ0v) is 8.55. The van der Waals surface area contributed by atoms with Crippen molar-refractivity contribution in [3.05, 3.63) is 34.9 Å². The van der Waals surface area contributed by atoms with Crippen LogP contribution in [0, 0.1) is 0 Å². The van der Waals surface area contributed by atoms with Crippen LogP contribution >= 0.6 is 0 Å². The Kier molecular flexibility index (Phi) is 2.06. The van der Waals surface area contributed by atoms with Gasteiger partial charge in [0.15, 0.2) is 0 Å². The fourth-order valence-corrected chi connectivity index (χ4v) is 2.78. The first-order valence-corrected chi connectivity index (χ1v) is 5.78. The quantitative estimate of drug-likeness (QED) is 0.712. The Bertz CT molecular complexity index is 337. The van der Waals surface area contributed by atoms with E-state index in [-0.39, 0.29) is 0 Å². The summed E-state index contributed by atoms with van der Waals surface area (Å²) in [7, 11) is 0. The van der Waals surface area contributed by atoms with Gasteiger partial charge in [0.1, 0.15) is 0 Å². The molecule has 0 bridgehead atoms. The molecule has 2 aliphatic rings. The first-order chi connectivity index (χ1) is 6.93. The molecule has 1 nitrogen and oxygen atoms in total. The Morgan fingerprint density at radius 1 is 1.07 bits per heavy atom. The summed E-state index contributed by atoms with van der Waals surface area (Å²) in [6.45, 7) is 1.20. The lowest BCUT2D eigenvalue weighted by Crippen LogP contribution is -2.12. The molecule has 0 amide bonds. The van der Waals surface area contributed by atoms with Crippen LogP contribution in [0.3, 0.4) is 0 Å². The second-order valence-electron chi connectivity index (χ2n) is 4.53. The molecule has 1 N–H and O–H groups in total. The molecule has 1 aliphatic carbocycles. The topological polar surface area (TPSA) is 12.0 Å². The van der Waals surface area contributed by atoms with E-state index in [9.17, 15) is 0 Å². The molecule has 1 heteroatoms. The molecule has 1 unspecified atom stereocenters. The summed E-state index contributed by atoms with van der Waals surface area (Å²) in [5.74, 6) is 0. The maximum atomic E-state index is 3.56. The molecule has 1 aromatic rings. The SMILES string of the molecule is c1cc2c(cc1C1CCCN1)CCC2. The Morgan fingerprint density at radius 3 is 2.86 bits per heavy atom. The van der Waals surface area contributed by atoms with Crippen LogP contribution in [0.4, 0.5) is 0 Å². The molecule has 1 atom stereocenters. The number of hydrogen-bond donors (Lipinski definition) is 1. The van der Waals surface area contributed by atoms with Crippen molar-refractivity contribution in [3.63, 3.8) is 0 Å². The highest BCUT2D eigenvalue weighted by Crippen LogP contribution is 2.28. The van der Waals surface area contributed by atoms with E-state index in [2.05, 4.69) is 23.5 Å². The molecular weight excluding hydrogens is 170 g/mol. The minimum atomic E-state index is 0.640. The van der Waals surface area contributed by atoms with E-state index in [1.807, 2.05) is 0 Å². The van der Waals surface area contributed by atoms with Crippen LogP contribution in [0.1, 0.15) is 42.0 Å². The van der Waals surface area contributed by atoms with Gasteiger partial charge in [0, 0.05) is 6.04 Å². The molecule has 14 heavy (non-hydrogen) atoms. The Labute approximate surface area is 85.5 Å². The molecule has 1 fully saturated rings. The number of hydrogen-bond acceptors (Lipinski definition) is 1. The summed E-state index contributed by atoms with van der Waals surface area (Å²) in [6, 6.07) is 7.75. The van der Waals surface area contributed by atoms with Gasteiger partial charge in [0.2, 0.25) is 0 Å². The van der Waals surface area contributed by atoms with Crippen molar-refractivity contribution in [2.45, 2.75) is 38.1 Å². The lowest BCUT2D eigenvalue weighted by atomic mass is 10.0. The molecule has 74 valence electrons. The number of fused-ring (bicyclic) bond motifs is 1. The number of nitrogens with one attached hydrogen (secondary N) is 1. The van der Waals surface area contributed by atoms with E-state index in [0.717, 1.165) is 0 Å². The highest BCUT2D eigenvalue weighted by Gasteiger charge is 2.18. The minimum absolute atomic E-state index is 0.640. The third kappa shape index (κ3) is 1.36. The molecule has 3 rings (SSSR count). The van der Waals surface area contributed by atoms with Crippen LogP contribution in [-0.2, 0) is 12.8 Å². The predicted molar refractivity (Wildman–Crippen MR) is 58.4 cm³/mol. The van der Waals surface area contributed by atoms with Crippen LogP contribution in [0.2, 0.25) is 0 Å². The van der Waals surface area contributed by atoms with E-state index in [1.165, 1.54) is 44.2 Å². The van der Waals surface area contributed by atoms with Gasteiger partial charge in [-0.05, 0) is 55.3 Å². The highest BCUT2D eigenvalue weighted by atomic mass is 14.9. The van der Waals surface area contributed by atoms with Gasteiger partial charge in [0.25, 0.3) is 0 Å². The zero-order chi connectivity index (χ0) is 9.38. The largest absolute Gasteiger partial charge is 0.310 e. The number of aryl methyl sites for hydroxylation is 2. The zero-order valence-electron chi connectivity index (χ0n) is 8.55. The van der Waals surface area contributed by atoms with Crippen molar-refractivity contribution in [2.24, 2.45) is 0 Å². The van der Waals surface area contributed by atoms with Gasteiger partial charge in [-0.25, -0.2) is 0 Å². The van der Waals surface area contributed by atoms with Gasteiger partial charge < -0.3 is 5.32 Å². The van der Waals surface area contributed by atoms with E-state index in [4.69, 9.17) is 0 Å². The molecule has 1 aliphatic heterocycles. The lowest BCUT2D eigenvalue weighted by molar-refractivity contribution is 0.647. The second kappa shape index (κ2) is 3.39. The Balaban J connectivity index is 1.91. The van der Waals surface area contributed by atoms with Gasteiger partial charge in [-0.3, -0.25) is 0 Å². The van der Waals surface area contributed by atoms with Gasteiger partial charge in [-0.1, -0.05) is 18.2 Å². The predicted octanol–water partition coefficient (Wildman–Crippen LogP) is 2.60. The van der Waals surface area contributed by atoms with Crippen LogP contribution in [0.5, 0.6) is 0 Å². The first kappa shape index (κ1) is 8.49. The third-order valence-corrected chi connectivity index (χ3v) is 3.59. The van der Waals surface area contributed by atoms with Gasteiger partial charge in [-0.15, -0.1) is 0 Å². The van der Waals surface area contributed by atoms with Crippen molar-refractivity contribution >= 4 is 0 Å². The summed E-state index contributed by atoms with van der Waals surface area (Å²) >= 11 is 0. The first-order valence-electron chi connectivity index (χ1n) is 5.78. The molecule has 0 saturated carbocycles. The fourth-order valence-electron chi connectivity index (χ4n) is 2.78. The summed E-state index contributed by atoms with van der Waals surface area (Å²) in [5, 5.41) is 3.56. The molecule has 0 spiro atoms. The van der Waals surface area contributed by atoms with Crippen LogP contribution < -0.4 is 5.32 Å². The second-order valence-corrected chi connectivity index (χ2v) is 4.53. The monoisotopic (exact) mass is 187 g/mol. The summed E-state index contributed by atoms with van der Waals surface area (Å²) in [6.07, 6.45) is 6.61. The van der Waals surface area contributed by atoms with Crippen molar-refractivity contribution in [1.82, 2.24) is 5.32 Å². The van der Waals surface area contributed by atoms with E-state index in [1.54, 1.807) is 11.1 Å². The van der Waals surface area contributed by atoms with Crippen molar-refractivity contribution in [3.8, 4) is 0 Å². The van der Waals surface area contributed by atoms with E-state index >= 15 is 0 Å². The standard InChI is InChI=1S/C13H17N/c1-3-10-6-7-12(9-11(10)4-1)13-5-2-8-14-13/h6-7,9,13-14H,1-5,8H2. The van der Waals surface area contributed by atoms with Gasteiger partial charge in [-0.2, -0.15) is 0 Å². The van der Waals surface area contributed by atoms with Crippen molar-refractivity contribution < 1.29 is 0 Å². The summed E-state index contributed by atoms with van der Waals surface area (Å²) in [5.41, 5.74) is 4.71. The molecular formula is C13H17N. The van der Waals surface area contributed by atoms with Crippen LogP contribution in [0.15, 0.2) is 18.2 Å². The maximum absolute atomic E-state index is 3.56. The van der Waals surface area contributed by atoms with Crippen molar-refractivity contribution in [1.29, 1.82) is 0 Å². The summed E-state index contributed by atoms with van der Waals surface area (Å²) in [4.78, 5) is 0. The van der Waals surface area contributed by atoms with Crippen molar-refractivity contribution in [2.75, 3.05) is 6.54 Å². The third-order valence-electron chi connectivity index (χ3n) is 3.59. The van der Waals surface area contributed by atoms with Gasteiger partial charge >= 0.3 is 0 Å². The number of rotatable bonds is 1. The molecule has 1 aromatic carbocycles. The van der Waals surface area contributed by atoms with E-state index in [0.29, 0.717) is 6.04 Å². The number of benzene rings is 1. The lowest BCUT2D eigenvalue weighted by Gasteiger charge is -2.12. The van der Waals surface area contributed by atoms with Crippen LogP contribution in [-0.4, -0.2) is 6.54 Å². The summed E-state index contributed by atoms with van der Waals surface area (Å²) < 4.78 is 0. The average molecular weight is 187 g/mol. The highest BCUT2D eigenvalue weighted by molar-refractivity contribution is 5.36. The van der Waals surface area contributed by atoms with Gasteiger partial charge in [0.05, 0.1) is 0 Å². The average Bonchev–Trinajstić information content (AvgIpc) is 2.88. The normalized spacial score (nSPS) is 25.3. The fraction of sp³-hybridized carbons (Fsp3) is 0.538. The Hall–Kier alpha value is -0.820. The van der Waals surface area contributed by atoms with Crippen LogP contribution in [0.25, 0.3) is 0 Å².